The van der Waals surface area contributed by atoms with Crippen molar-refractivity contribution >= 4 is 28.7 Å². The van der Waals surface area contributed by atoms with Crippen LogP contribution in [-0.4, -0.2) is 44.4 Å². The molecule has 3 rings (SSSR count). The molecule has 0 spiro atoms. The number of halogens is 1. The average molecular weight is 407 g/mol. The Morgan fingerprint density at radius 2 is 2.00 bits per heavy atom. The highest BCUT2D eigenvalue weighted by atomic mass is 35.5. The molecule has 28 heavy (non-hydrogen) atoms. The number of hydrogen-bond donors (Lipinski definition) is 1. The van der Waals surface area contributed by atoms with Gasteiger partial charge in [0.25, 0.3) is 0 Å². The first-order valence-corrected chi connectivity index (χ1v) is 9.25. The van der Waals surface area contributed by atoms with Gasteiger partial charge in [0.05, 0.1) is 32.5 Å². The number of pyridine rings is 1. The lowest BCUT2D eigenvalue weighted by atomic mass is 10.1. The zero-order valence-electron chi connectivity index (χ0n) is 16.3. The maximum Gasteiger partial charge on any atom is 0.330 e. The van der Waals surface area contributed by atoms with Gasteiger partial charge in [-0.25, -0.2) is 4.79 Å². The van der Waals surface area contributed by atoms with Crippen molar-refractivity contribution in [3.63, 3.8) is 0 Å². The molecule has 10 heteroatoms. The molecule has 9 nitrogen and oxygen atoms in total. The highest BCUT2D eigenvalue weighted by Crippen LogP contribution is 2.26. The smallest absolute Gasteiger partial charge is 0.330 e. The monoisotopic (exact) mass is 406 g/mol. The number of nitrogens with two attached hydrogens (primary N) is 1. The fraction of sp³-hybridized carbons (Fsp3) is 0.444. The van der Waals surface area contributed by atoms with Crippen LogP contribution in [0, 0.1) is 13.8 Å². The highest BCUT2D eigenvalue weighted by Gasteiger charge is 2.21. The molecular formula is C18H23ClN6O3. The van der Waals surface area contributed by atoms with Gasteiger partial charge in [-0.1, -0.05) is 11.6 Å². The SMILES string of the molecule is CCOCCn1c(=O)n(Cc2ncc(C)c(OC)c2C)c2nc(N)nc(Cl)c21. The summed E-state index contributed by atoms with van der Waals surface area (Å²) in [5, 5.41) is 0.126. The van der Waals surface area contributed by atoms with Crippen LogP contribution in [0.25, 0.3) is 11.2 Å². The second-order valence-corrected chi connectivity index (χ2v) is 6.67. The van der Waals surface area contributed by atoms with Crippen LogP contribution in [0.5, 0.6) is 5.75 Å². The van der Waals surface area contributed by atoms with E-state index < -0.39 is 0 Å². The normalized spacial score (nSPS) is 11.3. The molecule has 0 atom stereocenters. The van der Waals surface area contributed by atoms with Gasteiger partial charge in [0.2, 0.25) is 5.95 Å². The number of fused-ring (bicyclic) bond motifs is 1. The fourth-order valence-electron chi connectivity index (χ4n) is 3.21. The summed E-state index contributed by atoms with van der Waals surface area (Å²) in [7, 11) is 1.61. The van der Waals surface area contributed by atoms with E-state index in [1.165, 1.54) is 9.13 Å². The molecule has 0 saturated carbocycles. The molecule has 2 N–H and O–H groups in total. The summed E-state index contributed by atoms with van der Waals surface area (Å²) in [5.74, 6) is 0.740. The van der Waals surface area contributed by atoms with E-state index in [0.29, 0.717) is 36.6 Å². The zero-order valence-corrected chi connectivity index (χ0v) is 17.1. The first-order chi connectivity index (χ1) is 13.4. The second kappa shape index (κ2) is 8.15. The molecule has 150 valence electrons. The number of hydrogen-bond acceptors (Lipinski definition) is 7. The summed E-state index contributed by atoms with van der Waals surface area (Å²) >= 11 is 6.29. The Labute approximate surface area is 167 Å². The van der Waals surface area contributed by atoms with Crippen molar-refractivity contribution in [2.45, 2.75) is 33.9 Å². The molecule has 3 aromatic rings. The van der Waals surface area contributed by atoms with Gasteiger partial charge < -0.3 is 15.2 Å². The van der Waals surface area contributed by atoms with E-state index >= 15 is 0 Å². The number of nitrogen functional groups attached to an aromatic ring is 1. The summed E-state index contributed by atoms with van der Waals surface area (Å²) in [4.78, 5) is 25.9. The van der Waals surface area contributed by atoms with Crippen LogP contribution in [0.4, 0.5) is 5.95 Å². The van der Waals surface area contributed by atoms with Gasteiger partial charge in [0.1, 0.15) is 11.3 Å². The summed E-state index contributed by atoms with van der Waals surface area (Å²) in [5.41, 5.74) is 8.76. The van der Waals surface area contributed by atoms with Gasteiger partial charge in [-0.2, -0.15) is 9.97 Å². The first kappa shape index (κ1) is 20.1. The molecule has 3 aromatic heterocycles. The minimum atomic E-state index is -0.280. The van der Waals surface area contributed by atoms with Crippen molar-refractivity contribution in [3.05, 3.63) is 38.7 Å². The molecule has 0 aliphatic carbocycles. The maximum atomic E-state index is 13.1. The van der Waals surface area contributed by atoms with Crippen molar-refractivity contribution in [2.75, 3.05) is 26.1 Å². The van der Waals surface area contributed by atoms with Crippen LogP contribution < -0.4 is 16.2 Å². The quantitative estimate of drug-likeness (QED) is 0.471. The molecular weight excluding hydrogens is 384 g/mol. The van der Waals surface area contributed by atoms with E-state index in [1.807, 2.05) is 20.8 Å². The van der Waals surface area contributed by atoms with Crippen molar-refractivity contribution in [3.8, 4) is 5.75 Å². The van der Waals surface area contributed by atoms with Crippen molar-refractivity contribution in [1.82, 2.24) is 24.1 Å². The number of nitrogens with zero attached hydrogens (tertiary/aromatic N) is 5. The third-order valence-corrected chi connectivity index (χ3v) is 4.81. The molecule has 0 bridgehead atoms. The number of aryl methyl sites for hydroxylation is 1. The van der Waals surface area contributed by atoms with Crippen molar-refractivity contribution in [2.24, 2.45) is 0 Å². The van der Waals surface area contributed by atoms with E-state index in [4.69, 9.17) is 26.8 Å². The topological polar surface area (TPSA) is 110 Å². The molecule has 0 radical (unpaired) electrons. The first-order valence-electron chi connectivity index (χ1n) is 8.87. The summed E-state index contributed by atoms with van der Waals surface area (Å²) in [6, 6.07) is 0. The molecule has 0 saturated heterocycles. The zero-order chi connectivity index (χ0) is 20.4. The minimum absolute atomic E-state index is 0.000578. The van der Waals surface area contributed by atoms with Crippen molar-refractivity contribution in [1.29, 1.82) is 0 Å². The molecule has 0 fully saturated rings. The molecule has 0 aliphatic rings. The predicted octanol–water partition coefficient (Wildman–Crippen LogP) is 1.93. The number of anilines is 1. The highest BCUT2D eigenvalue weighted by molar-refractivity contribution is 6.33. The molecule has 0 aromatic carbocycles. The second-order valence-electron chi connectivity index (χ2n) is 6.31. The van der Waals surface area contributed by atoms with Gasteiger partial charge in [0.15, 0.2) is 10.8 Å². The molecule has 0 amide bonds. The minimum Gasteiger partial charge on any atom is -0.496 e. The van der Waals surface area contributed by atoms with Gasteiger partial charge in [-0.05, 0) is 20.8 Å². The average Bonchev–Trinajstić information content (AvgIpc) is 2.90. The maximum absolute atomic E-state index is 13.1. The number of aromatic nitrogens is 5. The van der Waals surface area contributed by atoms with Gasteiger partial charge >= 0.3 is 5.69 Å². The van der Waals surface area contributed by atoms with E-state index in [0.717, 1.165) is 16.9 Å². The lowest BCUT2D eigenvalue weighted by Crippen LogP contribution is -2.27. The summed E-state index contributed by atoms with van der Waals surface area (Å²) < 4.78 is 13.9. The summed E-state index contributed by atoms with van der Waals surface area (Å²) in [6.07, 6.45) is 1.72. The third kappa shape index (κ3) is 3.55. The Balaban J connectivity index is 2.16. The number of methoxy groups -OCH3 is 1. The Kier molecular flexibility index (Phi) is 5.85. The Morgan fingerprint density at radius 3 is 2.68 bits per heavy atom. The lowest BCUT2D eigenvalue weighted by Gasteiger charge is -2.12. The Hall–Kier alpha value is -2.65. The molecule has 0 aliphatic heterocycles. The van der Waals surface area contributed by atoms with Crippen LogP contribution in [-0.2, 0) is 17.8 Å². The van der Waals surface area contributed by atoms with E-state index in [1.54, 1.807) is 13.3 Å². The molecule has 0 unspecified atom stereocenters. The number of imidazole rings is 1. The standard InChI is InChI=1S/C18H23ClN6O3/c1-5-28-7-6-24-13-15(19)22-17(20)23-16(13)25(18(24)26)9-12-11(3)14(27-4)10(2)8-21-12/h8H,5-7,9H2,1-4H3,(H2,20,22,23). The third-order valence-electron chi connectivity index (χ3n) is 4.55. The van der Waals surface area contributed by atoms with Crippen LogP contribution in [0.2, 0.25) is 5.15 Å². The lowest BCUT2D eigenvalue weighted by molar-refractivity contribution is 0.139. The molecule has 3 heterocycles. The summed E-state index contributed by atoms with van der Waals surface area (Å²) in [6.45, 7) is 7.16. The van der Waals surface area contributed by atoms with E-state index in [9.17, 15) is 4.79 Å². The van der Waals surface area contributed by atoms with Crippen LogP contribution in [0.3, 0.4) is 0 Å². The van der Waals surface area contributed by atoms with Crippen LogP contribution in [0.1, 0.15) is 23.7 Å². The van der Waals surface area contributed by atoms with Crippen LogP contribution >= 0.6 is 11.6 Å². The van der Waals surface area contributed by atoms with E-state index in [-0.39, 0.29) is 23.3 Å². The van der Waals surface area contributed by atoms with Gasteiger partial charge in [0, 0.05) is 23.9 Å². The predicted molar refractivity (Wildman–Crippen MR) is 107 cm³/mol. The Bertz CT molecular complexity index is 1080. The fourth-order valence-corrected chi connectivity index (χ4v) is 3.49. The largest absolute Gasteiger partial charge is 0.496 e. The van der Waals surface area contributed by atoms with Crippen LogP contribution in [0.15, 0.2) is 11.0 Å². The van der Waals surface area contributed by atoms with E-state index in [2.05, 4.69) is 15.0 Å². The van der Waals surface area contributed by atoms with Gasteiger partial charge in [-0.3, -0.25) is 14.1 Å². The Morgan fingerprint density at radius 1 is 1.25 bits per heavy atom. The van der Waals surface area contributed by atoms with Crippen molar-refractivity contribution < 1.29 is 9.47 Å². The number of rotatable bonds is 7. The number of ether oxygens (including phenoxy) is 2. The van der Waals surface area contributed by atoms with Gasteiger partial charge in [-0.15, -0.1) is 0 Å².